The van der Waals surface area contributed by atoms with Crippen LogP contribution in [0.3, 0.4) is 0 Å². The maximum Gasteiger partial charge on any atom is 0.328 e. The largest absolute Gasteiger partial charge is 0.467 e. The van der Waals surface area contributed by atoms with E-state index in [1.807, 2.05) is 55.6 Å². The van der Waals surface area contributed by atoms with Crippen molar-refractivity contribution in [3.8, 4) is 0 Å². The highest BCUT2D eigenvalue weighted by atomic mass is 32.2. The van der Waals surface area contributed by atoms with Crippen LogP contribution in [0.2, 0.25) is 0 Å². The van der Waals surface area contributed by atoms with E-state index in [0.29, 0.717) is 24.2 Å². The normalized spacial score (nSPS) is 12.5. The van der Waals surface area contributed by atoms with Gasteiger partial charge in [-0.3, -0.25) is 9.59 Å². The Morgan fingerprint density at radius 3 is 2.23 bits per heavy atom. The minimum absolute atomic E-state index is 0.306. The number of benzene rings is 2. The van der Waals surface area contributed by atoms with Gasteiger partial charge in [0, 0.05) is 12.0 Å². The lowest BCUT2D eigenvalue weighted by atomic mass is 10.0. The highest BCUT2D eigenvalue weighted by Crippen LogP contribution is 2.09. The Morgan fingerprint density at radius 2 is 1.63 bits per heavy atom. The van der Waals surface area contributed by atoms with Crippen molar-refractivity contribution in [2.24, 2.45) is 0 Å². The number of rotatable bonds is 10. The number of thioether (sulfide) groups is 1. The number of methoxy groups -OCH3 is 1. The van der Waals surface area contributed by atoms with Gasteiger partial charge in [0.05, 0.1) is 7.11 Å². The SMILES string of the molecule is COC(=O)[C@@H](CCSC)NC(=O)[C@@H](Cc1ccccc1)NC(=O)c1ccc(C)cc1. The van der Waals surface area contributed by atoms with Crippen LogP contribution in [0.25, 0.3) is 0 Å². The second-order valence-electron chi connectivity index (χ2n) is 6.95. The Morgan fingerprint density at radius 1 is 0.967 bits per heavy atom. The fourth-order valence-corrected chi connectivity index (χ4v) is 3.38. The van der Waals surface area contributed by atoms with Crippen molar-refractivity contribution < 1.29 is 19.1 Å². The maximum absolute atomic E-state index is 13.0. The van der Waals surface area contributed by atoms with Crippen LogP contribution < -0.4 is 10.6 Å². The van der Waals surface area contributed by atoms with Crippen molar-refractivity contribution in [2.75, 3.05) is 19.1 Å². The molecular weight excluding hydrogens is 400 g/mol. The molecule has 0 bridgehead atoms. The van der Waals surface area contributed by atoms with E-state index in [1.54, 1.807) is 23.9 Å². The fourth-order valence-electron chi connectivity index (χ4n) is 2.90. The average molecular weight is 429 g/mol. The summed E-state index contributed by atoms with van der Waals surface area (Å²) in [6, 6.07) is 15.0. The van der Waals surface area contributed by atoms with Gasteiger partial charge in [-0.1, -0.05) is 48.0 Å². The molecule has 2 amide bonds. The first-order valence-electron chi connectivity index (χ1n) is 9.73. The molecule has 0 saturated carbocycles. The van der Waals surface area contributed by atoms with E-state index in [0.717, 1.165) is 11.1 Å². The first kappa shape index (κ1) is 23.5. The molecule has 6 nitrogen and oxygen atoms in total. The van der Waals surface area contributed by atoms with E-state index in [4.69, 9.17) is 4.74 Å². The molecule has 0 aliphatic heterocycles. The van der Waals surface area contributed by atoms with Crippen LogP contribution >= 0.6 is 11.8 Å². The summed E-state index contributed by atoms with van der Waals surface area (Å²) < 4.78 is 4.82. The molecule has 2 atom stereocenters. The summed E-state index contributed by atoms with van der Waals surface area (Å²) in [5.41, 5.74) is 2.42. The van der Waals surface area contributed by atoms with Gasteiger partial charge in [-0.05, 0) is 43.0 Å². The number of aryl methyl sites for hydroxylation is 1. The molecule has 2 aromatic carbocycles. The topological polar surface area (TPSA) is 84.5 Å². The third-order valence-electron chi connectivity index (χ3n) is 4.63. The van der Waals surface area contributed by atoms with Crippen LogP contribution in [0, 0.1) is 6.92 Å². The van der Waals surface area contributed by atoms with E-state index >= 15 is 0 Å². The van der Waals surface area contributed by atoms with Crippen LogP contribution in [-0.4, -0.2) is 49.0 Å². The van der Waals surface area contributed by atoms with Gasteiger partial charge >= 0.3 is 5.97 Å². The molecule has 2 aromatic rings. The average Bonchev–Trinajstić information content (AvgIpc) is 2.76. The molecule has 0 spiro atoms. The zero-order valence-electron chi connectivity index (χ0n) is 17.5. The number of carbonyl (C=O) groups excluding carboxylic acids is 3. The summed E-state index contributed by atoms with van der Waals surface area (Å²) in [7, 11) is 1.29. The Balaban J connectivity index is 2.18. The molecule has 160 valence electrons. The van der Waals surface area contributed by atoms with Gasteiger partial charge in [-0.15, -0.1) is 0 Å². The number of nitrogens with one attached hydrogen (secondary N) is 2. The predicted octanol–water partition coefficient (Wildman–Crippen LogP) is 2.75. The summed E-state index contributed by atoms with van der Waals surface area (Å²) in [5, 5.41) is 5.56. The number of carbonyl (C=O) groups is 3. The first-order chi connectivity index (χ1) is 14.4. The second-order valence-corrected chi connectivity index (χ2v) is 7.93. The van der Waals surface area contributed by atoms with Crippen molar-refractivity contribution in [2.45, 2.75) is 31.8 Å². The Bertz CT molecular complexity index is 840. The molecule has 0 aromatic heterocycles. The zero-order chi connectivity index (χ0) is 21.9. The van der Waals surface area contributed by atoms with E-state index < -0.39 is 24.0 Å². The standard InChI is InChI=1S/C23H28N2O4S/c1-16-9-11-18(12-10-16)21(26)25-20(15-17-7-5-4-6-8-17)22(27)24-19(13-14-30-3)23(28)29-2/h4-12,19-20H,13-15H2,1-3H3,(H,24,27)(H,25,26)/t19-,20-/m1/s1. The molecule has 0 saturated heterocycles. The second kappa shape index (κ2) is 12.0. The smallest absolute Gasteiger partial charge is 0.328 e. The van der Waals surface area contributed by atoms with Gasteiger partial charge in [-0.2, -0.15) is 11.8 Å². The van der Waals surface area contributed by atoms with Gasteiger partial charge in [0.15, 0.2) is 0 Å². The molecule has 0 heterocycles. The van der Waals surface area contributed by atoms with Gasteiger partial charge < -0.3 is 15.4 Å². The van der Waals surface area contributed by atoms with Crippen LogP contribution in [0.5, 0.6) is 0 Å². The lowest BCUT2D eigenvalue weighted by Crippen LogP contribution is -2.52. The van der Waals surface area contributed by atoms with Crippen LogP contribution in [0.4, 0.5) is 0 Å². The van der Waals surface area contributed by atoms with E-state index in [-0.39, 0.29) is 5.91 Å². The monoisotopic (exact) mass is 428 g/mol. The predicted molar refractivity (Wildman–Crippen MR) is 120 cm³/mol. The van der Waals surface area contributed by atoms with Crippen molar-refractivity contribution in [3.05, 3.63) is 71.3 Å². The zero-order valence-corrected chi connectivity index (χ0v) is 18.3. The van der Waals surface area contributed by atoms with Crippen molar-refractivity contribution in [1.82, 2.24) is 10.6 Å². The Hall–Kier alpha value is -2.80. The van der Waals surface area contributed by atoms with E-state index in [2.05, 4.69) is 10.6 Å². The molecular formula is C23H28N2O4S. The van der Waals surface area contributed by atoms with Gasteiger partial charge in [-0.25, -0.2) is 4.79 Å². The minimum Gasteiger partial charge on any atom is -0.467 e. The molecule has 7 heteroatoms. The third kappa shape index (κ3) is 7.22. The molecule has 0 aliphatic carbocycles. The van der Waals surface area contributed by atoms with Crippen molar-refractivity contribution in [3.63, 3.8) is 0 Å². The summed E-state index contributed by atoms with van der Waals surface area (Å²) in [6.07, 6.45) is 2.68. The van der Waals surface area contributed by atoms with E-state index in [9.17, 15) is 14.4 Å². The first-order valence-corrected chi connectivity index (χ1v) is 11.1. The number of esters is 1. The Kier molecular flexibility index (Phi) is 9.41. The van der Waals surface area contributed by atoms with Crippen LogP contribution in [0.15, 0.2) is 54.6 Å². The quantitative estimate of drug-likeness (QED) is 0.569. The summed E-state index contributed by atoms with van der Waals surface area (Å²) in [5.74, 6) is -0.569. The van der Waals surface area contributed by atoms with Gasteiger partial charge in [0.2, 0.25) is 5.91 Å². The fraction of sp³-hybridized carbons (Fsp3) is 0.348. The van der Waals surface area contributed by atoms with Gasteiger partial charge in [0.1, 0.15) is 12.1 Å². The number of hydrogen-bond acceptors (Lipinski definition) is 5. The summed E-state index contributed by atoms with van der Waals surface area (Å²) >= 11 is 1.58. The number of amides is 2. The summed E-state index contributed by atoms with van der Waals surface area (Å²) in [4.78, 5) is 37.8. The highest BCUT2D eigenvalue weighted by molar-refractivity contribution is 7.98. The lowest BCUT2D eigenvalue weighted by molar-refractivity contribution is -0.145. The summed E-state index contributed by atoms with van der Waals surface area (Å²) in [6.45, 7) is 1.94. The van der Waals surface area contributed by atoms with Crippen molar-refractivity contribution in [1.29, 1.82) is 0 Å². The minimum atomic E-state index is -0.831. The van der Waals surface area contributed by atoms with Crippen molar-refractivity contribution >= 4 is 29.5 Å². The lowest BCUT2D eigenvalue weighted by Gasteiger charge is -2.22. The number of ether oxygens (including phenoxy) is 1. The van der Waals surface area contributed by atoms with E-state index in [1.165, 1.54) is 7.11 Å². The molecule has 0 unspecified atom stereocenters. The van der Waals surface area contributed by atoms with Crippen LogP contribution in [-0.2, 0) is 20.7 Å². The van der Waals surface area contributed by atoms with Crippen LogP contribution in [0.1, 0.15) is 27.9 Å². The van der Waals surface area contributed by atoms with Gasteiger partial charge in [0.25, 0.3) is 5.91 Å². The molecule has 2 rings (SSSR count). The highest BCUT2D eigenvalue weighted by Gasteiger charge is 2.27. The maximum atomic E-state index is 13.0. The Labute approximate surface area is 181 Å². The molecule has 2 N–H and O–H groups in total. The molecule has 0 fully saturated rings. The molecule has 0 radical (unpaired) electrons. The third-order valence-corrected chi connectivity index (χ3v) is 5.28. The number of hydrogen-bond donors (Lipinski definition) is 2. The molecule has 0 aliphatic rings. The molecule has 30 heavy (non-hydrogen) atoms.